The maximum absolute atomic E-state index is 13.2. The van der Waals surface area contributed by atoms with Crippen molar-refractivity contribution in [2.45, 2.75) is 35.9 Å². The first-order valence-corrected chi connectivity index (χ1v) is 8.66. The second-order valence-corrected chi connectivity index (χ2v) is 9.75. The fraction of sp³-hybridized carbons (Fsp3) is 1.00. The summed E-state index contributed by atoms with van der Waals surface area (Å²) in [6.45, 7) is 0.105. The first-order chi connectivity index (χ1) is 10.5. The molecule has 0 saturated carbocycles. The van der Waals surface area contributed by atoms with Crippen molar-refractivity contribution >= 4 is 7.28 Å². The van der Waals surface area contributed by atoms with Gasteiger partial charge >= 0.3 is 130 Å². The summed E-state index contributed by atoms with van der Waals surface area (Å²) in [5.74, 6) is 0. The Morgan fingerprint density at radius 1 is 0.600 bits per heavy atom. The van der Waals surface area contributed by atoms with Crippen molar-refractivity contribution in [3.63, 3.8) is 0 Å². The second-order valence-electron chi connectivity index (χ2n) is 5.48. The molecule has 0 bridgehead atoms. The third-order valence-electron chi connectivity index (χ3n) is 3.39. The minimum atomic E-state index is -7.22. The number of halogens is 12. The number of alkyl halides is 12. The van der Waals surface area contributed by atoms with E-state index in [2.05, 4.69) is 13.6 Å². The first-order valence-electron chi connectivity index (χ1n) is 5.78. The molecule has 1 saturated heterocycles. The van der Waals surface area contributed by atoms with Crippen LogP contribution in [0.2, 0.25) is 0 Å². The monoisotopic (exact) mass is 424 g/mol. The molecule has 0 spiro atoms. The molecule has 0 aliphatic carbocycles. The molecule has 0 radical (unpaired) electrons. The summed E-state index contributed by atoms with van der Waals surface area (Å²) in [6, 6.07) is 0. The molecular formula is C9H9F12O3P. The van der Waals surface area contributed by atoms with Crippen LogP contribution in [-0.4, -0.2) is 56.3 Å². The number of hydrogen-bond donors (Lipinski definition) is 0. The molecule has 1 rings (SSSR count). The average Bonchev–Trinajstić information content (AvgIpc) is 2.56. The van der Waals surface area contributed by atoms with E-state index in [4.69, 9.17) is 0 Å². The fourth-order valence-electron chi connectivity index (χ4n) is 2.32. The van der Waals surface area contributed by atoms with Crippen LogP contribution in [0.5, 0.6) is 0 Å². The van der Waals surface area contributed by atoms with Gasteiger partial charge in [0.15, 0.2) is 0 Å². The Morgan fingerprint density at radius 3 is 0.920 bits per heavy atom. The molecule has 1 heterocycles. The molecule has 0 atom stereocenters. The van der Waals surface area contributed by atoms with Gasteiger partial charge in [-0.2, -0.15) is 0 Å². The second kappa shape index (κ2) is 5.04. The Labute approximate surface area is 131 Å². The predicted octanol–water partition coefficient (Wildman–Crippen LogP) is 4.96. The molecule has 25 heavy (non-hydrogen) atoms. The van der Waals surface area contributed by atoms with Crippen LogP contribution in [0.3, 0.4) is 0 Å². The van der Waals surface area contributed by atoms with Gasteiger partial charge in [0.25, 0.3) is 0 Å². The molecule has 1 aliphatic rings. The summed E-state index contributed by atoms with van der Waals surface area (Å²) in [5.41, 5.74) is -13.6. The van der Waals surface area contributed by atoms with Crippen LogP contribution in [0.4, 0.5) is 52.7 Å². The Morgan fingerprint density at radius 2 is 0.800 bits per heavy atom. The Balaban J connectivity index is 4.19. The van der Waals surface area contributed by atoms with E-state index < -0.39 is 43.2 Å². The molecule has 1 aliphatic heterocycles. The van der Waals surface area contributed by atoms with Crippen LogP contribution in [0, 0.1) is 0 Å². The molecule has 0 N–H and O–H groups in total. The molecule has 0 unspecified atom stereocenters. The van der Waals surface area contributed by atoms with Gasteiger partial charge in [0.1, 0.15) is 0 Å². The van der Waals surface area contributed by atoms with Crippen LogP contribution < -0.4 is 0 Å². The van der Waals surface area contributed by atoms with Crippen LogP contribution in [-0.2, 0) is 13.6 Å². The molecule has 16 heteroatoms. The summed E-state index contributed by atoms with van der Waals surface area (Å²) in [4.78, 5) is 0. The summed E-state index contributed by atoms with van der Waals surface area (Å²) >= 11 is 0. The number of hydrogen-bond acceptors (Lipinski definition) is 3. The molecule has 3 nitrogen and oxygen atoms in total. The Kier molecular flexibility index (Phi) is 4.54. The van der Waals surface area contributed by atoms with Crippen LogP contribution in [0.25, 0.3) is 0 Å². The van der Waals surface area contributed by atoms with Crippen molar-refractivity contribution in [3.05, 3.63) is 0 Å². The predicted molar refractivity (Wildman–Crippen MR) is 57.6 cm³/mol. The van der Waals surface area contributed by atoms with Gasteiger partial charge in [-0.05, 0) is 0 Å². The van der Waals surface area contributed by atoms with E-state index in [9.17, 15) is 52.7 Å². The quantitative estimate of drug-likeness (QED) is 0.440. The maximum atomic E-state index is 13.2. The topological polar surface area (TPSA) is 27.7 Å². The van der Waals surface area contributed by atoms with Gasteiger partial charge in [-0.3, -0.25) is 0 Å². The molecule has 0 aromatic heterocycles. The Hall–Kier alpha value is -0.530. The summed E-state index contributed by atoms with van der Waals surface area (Å²) in [5, 5.41) is 0. The van der Waals surface area contributed by atoms with Crippen molar-refractivity contribution < 1.29 is 66.3 Å². The van der Waals surface area contributed by atoms with Gasteiger partial charge < -0.3 is 0 Å². The van der Waals surface area contributed by atoms with Crippen LogP contribution in [0.1, 0.15) is 0 Å². The SMILES string of the molecule is COP1(C)(C)OC(C(F)(F)F)(C(F)(F)F)C(C(F)(F)F)(C(F)(F)F)O1. The van der Waals surface area contributed by atoms with Crippen LogP contribution in [0.15, 0.2) is 0 Å². The Bertz CT molecular complexity index is 470. The van der Waals surface area contributed by atoms with E-state index in [-0.39, 0.29) is 20.4 Å². The average molecular weight is 424 g/mol. The summed E-state index contributed by atoms with van der Waals surface area (Å²) in [7, 11) is -5.88. The van der Waals surface area contributed by atoms with E-state index in [1.54, 1.807) is 0 Å². The van der Waals surface area contributed by atoms with E-state index in [1.165, 1.54) is 0 Å². The molecule has 0 aromatic carbocycles. The zero-order valence-corrected chi connectivity index (χ0v) is 13.1. The first kappa shape index (κ1) is 22.5. The zero-order valence-electron chi connectivity index (χ0n) is 12.2. The third kappa shape index (κ3) is 2.77. The van der Waals surface area contributed by atoms with E-state index >= 15 is 0 Å². The van der Waals surface area contributed by atoms with Crippen molar-refractivity contribution in [1.82, 2.24) is 0 Å². The molecular weight excluding hydrogens is 415 g/mol. The summed E-state index contributed by atoms with van der Waals surface area (Å²) < 4.78 is 169. The van der Waals surface area contributed by atoms with Gasteiger partial charge in [-0.25, -0.2) is 0 Å². The standard InChI is InChI=1S/C9H9F12O3P/c1-22-25(2,3)23-4(6(10,11)12,7(13,14)15)5(24-25,8(16,17)18)9(19,20)21/h1-3H3. The summed E-state index contributed by atoms with van der Waals surface area (Å²) in [6.07, 6.45) is -28.9. The molecule has 1 fully saturated rings. The number of rotatable bonds is 1. The van der Waals surface area contributed by atoms with Gasteiger partial charge in [-0.15, -0.1) is 0 Å². The molecule has 0 amide bonds. The third-order valence-corrected chi connectivity index (χ3v) is 6.00. The van der Waals surface area contributed by atoms with Crippen molar-refractivity contribution in [3.8, 4) is 0 Å². The van der Waals surface area contributed by atoms with E-state index in [0.717, 1.165) is 0 Å². The molecule has 152 valence electrons. The van der Waals surface area contributed by atoms with Gasteiger partial charge in [0, 0.05) is 0 Å². The molecule has 0 aromatic rings. The fourth-order valence-corrected chi connectivity index (χ4v) is 4.72. The van der Waals surface area contributed by atoms with Crippen LogP contribution >= 0.6 is 7.28 Å². The van der Waals surface area contributed by atoms with Gasteiger partial charge in [-0.1, -0.05) is 0 Å². The van der Waals surface area contributed by atoms with Crippen molar-refractivity contribution in [1.29, 1.82) is 0 Å². The van der Waals surface area contributed by atoms with E-state index in [1.807, 2.05) is 0 Å². The van der Waals surface area contributed by atoms with E-state index in [0.29, 0.717) is 0 Å². The van der Waals surface area contributed by atoms with Crippen molar-refractivity contribution in [2.24, 2.45) is 0 Å². The zero-order chi connectivity index (χ0) is 20.6. The van der Waals surface area contributed by atoms with Crippen molar-refractivity contribution in [2.75, 3.05) is 20.4 Å². The van der Waals surface area contributed by atoms with Gasteiger partial charge in [0.05, 0.1) is 0 Å². The normalized spacial score (nSPS) is 27.6. The van der Waals surface area contributed by atoms with Gasteiger partial charge in [0.2, 0.25) is 0 Å². The minimum absolute atomic E-state index is 0.0526.